The fourth-order valence-corrected chi connectivity index (χ4v) is 3.73. The summed E-state index contributed by atoms with van der Waals surface area (Å²) in [6.45, 7) is 17.1. The van der Waals surface area contributed by atoms with Crippen LogP contribution in [0.4, 0.5) is 0 Å². The van der Waals surface area contributed by atoms with Gasteiger partial charge in [0.25, 0.3) is 0 Å². The standard InChI is InChI=1S/C25H45BrN2O8Si/c1-24(2,3)35-21(31)13-10-17(27-19(29)16-26)22(32)28-18(23(33)36-25(4,5)6)11-12-20(30)34-14-15-37(7,8)9/h17-18H,10-16H2,1-9H3,(H,27,29)(H,28,32). The molecule has 0 rings (SSSR count). The molecule has 0 aromatic carbocycles. The predicted octanol–water partition coefficient (Wildman–Crippen LogP) is 3.48. The molecule has 2 unspecified atom stereocenters. The predicted molar refractivity (Wildman–Crippen MR) is 147 cm³/mol. The minimum absolute atomic E-state index is 0.0424. The molecule has 0 heterocycles. The first-order valence-electron chi connectivity index (χ1n) is 12.5. The van der Waals surface area contributed by atoms with Crippen molar-refractivity contribution in [2.75, 3.05) is 11.9 Å². The molecule has 0 fully saturated rings. The Kier molecular flexibility index (Phi) is 14.6. The third-order valence-electron chi connectivity index (χ3n) is 4.59. The molecular formula is C25H45BrN2O8Si. The average molecular weight is 610 g/mol. The number of alkyl halides is 1. The quantitative estimate of drug-likeness (QED) is 0.132. The molecule has 2 atom stereocenters. The molecule has 0 aliphatic heterocycles. The van der Waals surface area contributed by atoms with E-state index in [1.807, 2.05) is 0 Å². The number of hydrogen-bond acceptors (Lipinski definition) is 8. The first-order chi connectivity index (χ1) is 16.7. The number of carbonyl (C=O) groups is 5. The van der Waals surface area contributed by atoms with E-state index >= 15 is 0 Å². The van der Waals surface area contributed by atoms with Crippen LogP contribution in [0.15, 0.2) is 0 Å². The average Bonchev–Trinajstić information content (AvgIpc) is 2.70. The summed E-state index contributed by atoms with van der Waals surface area (Å²) in [7, 11) is -1.37. The van der Waals surface area contributed by atoms with E-state index in [4.69, 9.17) is 14.2 Å². The van der Waals surface area contributed by atoms with Crippen molar-refractivity contribution in [1.29, 1.82) is 0 Å². The maximum Gasteiger partial charge on any atom is 0.329 e. The Hall–Kier alpha value is -1.95. The van der Waals surface area contributed by atoms with E-state index in [-0.39, 0.29) is 31.0 Å². The molecule has 10 nitrogen and oxygen atoms in total. The van der Waals surface area contributed by atoms with E-state index in [0.29, 0.717) is 6.61 Å². The highest BCUT2D eigenvalue weighted by atomic mass is 79.9. The maximum absolute atomic E-state index is 13.1. The summed E-state index contributed by atoms with van der Waals surface area (Å²) in [4.78, 5) is 62.3. The molecule has 0 aliphatic carbocycles. The van der Waals surface area contributed by atoms with Crippen LogP contribution in [0.2, 0.25) is 25.7 Å². The number of carbonyl (C=O) groups excluding carboxylic acids is 5. The van der Waals surface area contributed by atoms with Crippen molar-refractivity contribution < 1.29 is 38.2 Å². The van der Waals surface area contributed by atoms with Crippen LogP contribution in [0, 0.1) is 0 Å². The fourth-order valence-electron chi connectivity index (χ4n) is 2.86. The molecule has 0 aromatic rings. The van der Waals surface area contributed by atoms with Gasteiger partial charge in [-0.3, -0.25) is 19.2 Å². The lowest BCUT2D eigenvalue weighted by Crippen LogP contribution is -2.53. The minimum Gasteiger partial charge on any atom is -0.466 e. The van der Waals surface area contributed by atoms with Crippen molar-refractivity contribution >= 4 is 53.7 Å². The fraction of sp³-hybridized carbons (Fsp3) is 0.800. The van der Waals surface area contributed by atoms with Crippen molar-refractivity contribution in [2.45, 2.75) is 116 Å². The van der Waals surface area contributed by atoms with Gasteiger partial charge in [0.15, 0.2) is 0 Å². The van der Waals surface area contributed by atoms with Gasteiger partial charge in [0, 0.05) is 20.9 Å². The molecule has 37 heavy (non-hydrogen) atoms. The van der Waals surface area contributed by atoms with Crippen LogP contribution < -0.4 is 10.6 Å². The van der Waals surface area contributed by atoms with Gasteiger partial charge in [-0.25, -0.2) is 4.79 Å². The second-order valence-corrected chi connectivity index (χ2v) is 18.2. The Morgan fingerprint density at radius 3 is 1.78 bits per heavy atom. The normalized spacial score (nSPS) is 13.7. The van der Waals surface area contributed by atoms with Crippen LogP contribution >= 0.6 is 15.9 Å². The molecule has 0 aromatic heterocycles. The largest absolute Gasteiger partial charge is 0.466 e. The third-order valence-corrected chi connectivity index (χ3v) is 6.80. The van der Waals surface area contributed by atoms with Gasteiger partial charge in [-0.15, -0.1) is 0 Å². The summed E-state index contributed by atoms with van der Waals surface area (Å²) in [5.74, 6) is -2.86. The molecular weight excluding hydrogens is 564 g/mol. The van der Waals surface area contributed by atoms with E-state index in [0.717, 1.165) is 6.04 Å². The summed E-state index contributed by atoms with van der Waals surface area (Å²) < 4.78 is 16.0. The zero-order chi connectivity index (χ0) is 29.0. The molecule has 2 N–H and O–H groups in total. The number of nitrogens with one attached hydrogen (secondary N) is 2. The topological polar surface area (TPSA) is 137 Å². The lowest BCUT2D eigenvalue weighted by molar-refractivity contribution is -0.160. The molecule has 214 valence electrons. The van der Waals surface area contributed by atoms with Crippen LogP contribution in [-0.4, -0.2) is 73.0 Å². The van der Waals surface area contributed by atoms with E-state index < -0.39 is 61.1 Å². The number of esters is 3. The Labute approximate surface area is 230 Å². The van der Waals surface area contributed by atoms with Gasteiger partial charge in [0.2, 0.25) is 11.8 Å². The van der Waals surface area contributed by atoms with E-state index in [9.17, 15) is 24.0 Å². The summed E-state index contributed by atoms with van der Waals surface area (Å²) >= 11 is 3.03. The number of amides is 2. The van der Waals surface area contributed by atoms with Crippen molar-refractivity contribution in [3.05, 3.63) is 0 Å². The van der Waals surface area contributed by atoms with E-state index in [2.05, 4.69) is 46.2 Å². The molecule has 2 amide bonds. The number of rotatable bonds is 14. The smallest absolute Gasteiger partial charge is 0.329 e. The van der Waals surface area contributed by atoms with Gasteiger partial charge in [-0.1, -0.05) is 35.6 Å². The second-order valence-electron chi connectivity index (χ2n) is 12.0. The van der Waals surface area contributed by atoms with Crippen molar-refractivity contribution in [1.82, 2.24) is 10.6 Å². The molecule has 0 bridgehead atoms. The van der Waals surface area contributed by atoms with Crippen LogP contribution in [-0.2, 0) is 38.2 Å². The van der Waals surface area contributed by atoms with Gasteiger partial charge in [0.05, 0.1) is 11.9 Å². The number of ether oxygens (including phenoxy) is 3. The second kappa shape index (κ2) is 15.5. The van der Waals surface area contributed by atoms with E-state index in [1.54, 1.807) is 41.5 Å². The zero-order valence-corrected chi connectivity index (χ0v) is 26.3. The van der Waals surface area contributed by atoms with Crippen LogP contribution in [0.5, 0.6) is 0 Å². The van der Waals surface area contributed by atoms with Gasteiger partial charge >= 0.3 is 17.9 Å². The number of halogens is 1. The number of hydrogen-bond donors (Lipinski definition) is 2. The van der Waals surface area contributed by atoms with Gasteiger partial charge in [-0.05, 0) is 60.4 Å². The Bertz CT molecular complexity index is 800. The minimum atomic E-state index is -1.37. The maximum atomic E-state index is 13.1. The van der Waals surface area contributed by atoms with Crippen molar-refractivity contribution in [3.8, 4) is 0 Å². The van der Waals surface area contributed by atoms with Crippen molar-refractivity contribution in [2.24, 2.45) is 0 Å². The first kappa shape index (κ1) is 35.0. The molecule has 12 heteroatoms. The van der Waals surface area contributed by atoms with Crippen LogP contribution in [0.1, 0.15) is 67.2 Å². The SMILES string of the molecule is CC(C)(C)OC(=O)CCC(NC(=O)CBr)C(=O)NC(CCC(=O)OCC[Si](C)(C)C)C(=O)OC(C)(C)C. The van der Waals surface area contributed by atoms with Gasteiger partial charge in [-0.2, -0.15) is 0 Å². The Balaban J connectivity index is 5.42. The first-order valence-corrected chi connectivity index (χ1v) is 17.3. The highest BCUT2D eigenvalue weighted by Crippen LogP contribution is 2.14. The zero-order valence-electron chi connectivity index (χ0n) is 23.7. The summed E-state index contributed by atoms with van der Waals surface area (Å²) in [6.07, 6.45) is -0.318. The van der Waals surface area contributed by atoms with E-state index in [1.165, 1.54) is 0 Å². The summed E-state index contributed by atoms with van der Waals surface area (Å²) in [5, 5.41) is 5.07. The highest BCUT2D eigenvalue weighted by Gasteiger charge is 2.31. The Morgan fingerprint density at radius 2 is 1.30 bits per heavy atom. The van der Waals surface area contributed by atoms with Gasteiger partial charge in [0.1, 0.15) is 23.3 Å². The summed E-state index contributed by atoms with van der Waals surface area (Å²) in [5.41, 5.74) is -1.52. The van der Waals surface area contributed by atoms with Crippen LogP contribution in [0.3, 0.4) is 0 Å². The molecule has 0 saturated carbocycles. The molecule has 0 saturated heterocycles. The summed E-state index contributed by atoms with van der Waals surface area (Å²) in [6, 6.07) is -1.44. The monoisotopic (exact) mass is 608 g/mol. The molecule has 0 spiro atoms. The van der Waals surface area contributed by atoms with Crippen molar-refractivity contribution in [3.63, 3.8) is 0 Å². The molecule has 0 aliphatic rings. The van der Waals surface area contributed by atoms with Crippen LogP contribution in [0.25, 0.3) is 0 Å². The lowest BCUT2D eigenvalue weighted by Gasteiger charge is -2.26. The molecule has 0 radical (unpaired) electrons. The van der Waals surface area contributed by atoms with Gasteiger partial charge < -0.3 is 24.8 Å². The Morgan fingerprint density at radius 1 is 0.784 bits per heavy atom. The highest BCUT2D eigenvalue weighted by molar-refractivity contribution is 9.09. The third kappa shape index (κ3) is 18.9. The lowest BCUT2D eigenvalue weighted by atomic mass is 10.1.